The highest BCUT2D eigenvalue weighted by molar-refractivity contribution is 5.92. The minimum atomic E-state index is -0.211. The molecule has 1 amide bonds. The van der Waals surface area contributed by atoms with E-state index in [2.05, 4.69) is 15.3 Å². The van der Waals surface area contributed by atoms with Gasteiger partial charge in [0.1, 0.15) is 17.5 Å². The molecule has 0 aliphatic heterocycles. The number of rotatable bonds is 5. The van der Waals surface area contributed by atoms with Gasteiger partial charge in [0, 0.05) is 17.1 Å². The SMILES string of the molecule is CC1(NC(=O)c2coc(COc3cccc4cccnc34)n2)CC1. The van der Waals surface area contributed by atoms with E-state index in [1.807, 2.05) is 37.3 Å². The van der Waals surface area contributed by atoms with E-state index in [0.29, 0.717) is 11.6 Å². The van der Waals surface area contributed by atoms with Gasteiger partial charge in [0.25, 0.3) is 5.91 Å². The normalized spacial score (nSPS) is 15.2. The highest BCUT2D eigenvalue weighted by Gasteiger charge is 2.39. The van der Waals surface area contributed by atoms with E-state index >= 15 is 0 Å². The first-order valence-electron chi connectivity index (χ1n) is 7.86. The Balaban J connectivity index is 1.45. The number of ether oxygens (including phenoxy) is 1. The zero-order valence-corrected chi connectivity index (χ0v) is 13.3. The maximum Gasteiger partial charge on any atom is 0.273 e. The second-order valence-electron chi connectivity index (χ2n) is 6.26. The predicted octanol–water partition coefficient (Wildman–Crippen LogP) is 3.08. The van der Waals surface area contributed by atoms with Gasteiger partial charge in [0.15, 0.2) is 12.3 Å². The molecule has 6 nitrogen and oxygen atoms in total. The summed E-state index contributed by atoms with van der Waals surface area (Å²) >= 11 is 0. The lowest BCUT2D eigenvalue weighted by Crippen LogP contribution is -2.34. The van der Waals surface area contributed by atoms with E-state index < -0.39 is 0 Å². The monoisotopic (exact) mass is 323 g/mol. The van der Waals surface area contributed by atoms with Gasteiger partial charge >= 0.3 is 0 Å². The van der Waals surface area contributed by atoms with Crippen LogP contribution in [-0.2, 0) is 6.61 Å². The maximum absolute atomic E-state index is 12.1. The number of hydrogen-bond acceptors (Lipinski definition) is 5. The Bertz CT molecular complexity index is 894. The van der Waals surface area contributed by atoms with E-state index in [9.17, 15) is 4.79 Å². The van der Waals surface area contributed by atoms with Gasteiger partial charge < -0.3 is 14.5 Å². The van der Waals surface area contributed by atoms with Gasteiger partial charge in [-0.15, -0.1) is 0 Å². The van der Waals surface area contributed by atoms with E-state index in [-0.39, 0.29) is 23.7 Å². The first-order valence-corrected chi connectivity index (χ1v) is 7.86. The molecule has 1 aliphatic rings. The fourth-order valence-electron chi connectivity index (χ4n) is 2.46. The summed E-state index contributed by atoms with van der Waals surface area (Å²) in [6.45, 7) is 2.16. The van der Waals surface area contributed by atoms with Crippen molar-refractivity contribution in [2.24, 2.45) is 0 Å². The van der Waals surface area contributed by atoms with Gasteiger partial charge in [0.05, 0.1) is 0 Å². The molecule has 0 atom stereocenters. The second kappa shape index (κ2) is 5.63. The topological polar surface area (TPSA) is 77.2 Å². The number of oxazole rings is 1. The van der Waals surface area contributed by atoms with Crippen LogP contribution in [0.1, 0.15) is 36.1 Å². The van der Waals surface area contributed by atoms with Crippen LogP contribution < -0.4 is 10.1 Å². The van der Waals surface area contributed by atoms with Gasteiger partial charge in [0.2, 0.25) is 5.89 Å². The summed E-state index contributed by atoms with van der Waals surface area (Å²) in [5.41, 5.74) is 0.977. The number of nitrogens with zero attached hydrogens (tertiary/aromatic N) is 2. The van der Waals surface area contributed by atoms with Crippen LogP contribution in [0, 0.1) is 0 Å². The van der Waals surface area contributed by atoms with Crippen molar-refractivity contribution >= 4 is 16.8 Å². The molecule has 2 aromatic heterocycles. The minimum Gasteiger partial charge on any atom is -0.482 e. The number of benzene rings is 1. The van der Waals surface area contributed by atoms with E-state index in [4.69, 9.17) is 9.15 Å². The predicted molar refractivity (Wildman–Crippen MR) is 87.7 cm³/mol. The van der Waals surface area contributed by atoms with Crippen LogP contribution in [0.3, 0.4) is 0 Å². The molecule has 1 aromatic carbocycles. The van der Waals surface area contributed by atoms with E-state index in [0.717, 1.165) is 23.7 Å². The average Bonchev–Trinajstić information content (AvgIpc) is 3.12. The van der Waals surface area contributed by atoms with Gasteiger partial charge in [-0.2, -0.15) is 0 Å². The van der Waals surface area contributed by atoms with Crippen molar-refractivity contribution < 1.29 is 13.9 Å². The molecule has 1 fully saturated rings. The fraction of sp³-hybridized carbons (Fsp3) is 0.278. The third-order valence-electron chi connectivity index (χ3n) is 4.15. The van der Waals surface area contributed by atoms with Gasteiger partial charge in [-0.05, 0) is 31.9 Å². The molecule has 0 bridgehead atoms. The number of hydrogen-bond donors (Lipinski definition) is 1. The van der Waals surface area contributed by atoms with Crippen molar-refractivity contribution in [2.75, 3.05) is 0 Å². The number of aromatic nitrogens is 2. The molecule has 0 saturated heterocycles. The van der Waals surface area contributed by atoms with Crippen LogP contribution in [-0.4, -0.2) is 21.4 Å². The van der Waals surface area contributed by atoms with E-state index in [1.54, 1.807) is 6.20 Å². The molecule has 3 aromatic rings. The lowest BCUT2D eigenvalue weighted by Gasteiger charge is -2.08. The summed E-state index contributed by atoms with van der Waals surface area (Å²) in [4.78, 5) is 20.6. The lowest BCUT2D eigenvalue weighted by molar-refractivity contribution is 0.0930. The van der Waals surface area contributed by atoms with Crippen molar-refractivity contribution in [1.29, 1.82) is 0 Å². The van der Waals surface area contributed by atoms with Crippen LogP contribution in [0.25, 0.3) is 10.9 Å². The van der Waals surface area contributed by atoms with Crippen molar-refractivity contribution in [2.45, 2.75) is 31.9 Å². The Hall–Kier alpha value is -2.89. The number of carbonyl (C=O) groups excluding carboxylic acids is 1. The summed E-state index contributed by atoms with van der Waals surface area (Å²) in [5.74, 6) is 0.800. The van der Waals surface area contributed by atoms with E-state index in [1.165, 1.54) is 6.26 Å². The Morgan fingerprint density at radius 3 is 3.00 bits per heavy atom. The van der Waals surface area contributed by atoms with Gasteiger partial charge in [-0.25, -0.2) is 4.98 Å². The summed E-state index contributed by atoms with van der Waals surface area (Å²) in [5, 5.41) is 3.95. The lowest BCUT2D eigenvalue weighted by atomic mass is 10.2. The molecular formula is C18H17N3O3. The molecule has 122 valence electrons. The quantitative estimate of drug-likeness (QED) is 0.781. The van der Waals surface area contributed by atoms with Crippen LogP contribution >= 0.6 is 0 Å². The number of fused-ring (bicyclic) bond motifs is 1. The Morgan fingerprint density at radius 1 is 1.33 bits per heavy atom. The molecule has 24 heavy (non-hydrogen) atoms. The highest BCUT2D eigenvalue weighted by Crippen LogP contribution is 2.34. The Morgan fingerprint density at radius 2 is 2.17 bits per heavy atom. The van der Waals surface area contributed by atoms with Gasteiger partial charge in [-0.3, -0.25) is 9.78 Å². The molecule has 2 heterocycles. The molecular weight excluding hydrogens is 306 g/mol. The molecule has 6 heteroatoms. The molecule has 1 saturated carbocycles. The second-order valence-corrected chi connectivity index (χ2v) is 6.26. The standard InChI is InChI=1S/C18H17N3O3/c1-18(7-8-18)21-17(22)13-10-24-15(20-13)11-23-14-6-2-4-12-5-3-9-19-16(12)14/h2-6,9-10H,7-8,11H2,1H3,(H,21,22). The number of carbonyl (C=O) groups is 1. The molecule has 0 spiro atoms. The van der Waals surface area contributed by atoms with Crippen molar-refractivity contribution in [3.63, 3.8) is 0 Å². The maximum atomic E-state index is 12.1. The van der Waals surface area contributed by atoms with Crippen LogP contribution in [0.5, 0.6) is 5.75 Å². The molecule has 1 aliphatic carbocycles. The molecule has 1 N–H and O–H groups in total. The largest absolute Gasteiger partial charge is 0.482 e. The Kier molecular flexibility index (Phi) is 3.45. The van der Waals surface area contributed by atoms with Gasteiger partial charge in [-0.1, -0.05) is 18.2 Å². The minimum absolute atomic E-state index is 0.0820. The highest BCUT2D eigenvalue weighted by atomic mass is 16.5. The summed E-state index contributed by atoms with van der Waals surface area (Å²) in [6.07, 6.45) is 5.09. The summed E-state index contributed by atoms with van der Waals surface area (Å²) < 4.78 is 11.1. The van der Waals surface area contributed by atoms with Crippen LogP contribution in [0.15, 0.2) is 47.2 Å². The zero-order chi connectivity index (χ0) is 16.6. The number of amides is 1. The Labute approximate surface area is 138 Å². The smallest absolute Gasteiger partial charge is 0.273 e. The summed E-state index contributed by atoms with van der Waals surface area (Å²) in [7, 11) is 0. The number of para-hydroxylation sites is 1. The number of pyridine rings is 1. The first-order chi connectivity index (χ1) is 11.6. The third kappa shape index (κ3) is 2.95. The van der Waals surface area contributed by atoms with Crippen LogP contribution in [0.4, 0.5) is 0 Å². The summed E-state index contributed by atoms with van der Waals surface area (Å²) in [6, 6.07) is 9.58. The molecule has 4 rings (SSSR count). The van der Waals surface area contributed by atoms with Crippen LogP contribution in [0.2, 0.25) is 0 Å². The first kappa shape index (κ1) is 14.7. The third-order valence-corrected chi connectivity index (χ3v) is 4.15. The fourth-order valence-corrected chi connectivity index (χ4v) is 2.46. The van der Waals surface area contributed by atoms with Crippen molar-refractivity contribution in [3.8, 4) is 5.75 Å². The zero-order valence-electron chi connectivity index (χ0n) is 13.3. The van der Waals surface area contributed by atoms with Crippen molar-refractivity contribution in [3.05, 3.63) is 54.4 Å². The molecule has 0 unspecified atom stereocenters. The molecule has 0 radical (unpaired) electrons. The van der Waals surface area contributed by atoms with Crippen molar-refractivity contribution in [1.82, 2.24) is 15.3 Å². The number of nitrogens with one attached hydrogen (secondary N) is 1. The average molecular weight is 323 g/mol.